The Morgan fingerprint density at radius 2 is 2.18 bits per heavy atom. The normalized spacial score (nSPS) is 15.4. The van der Waals surface area contributed by atoms with Gasteiger partial charge in [-0.2, -0.15) is 0 Å². The summed E-state index contributed by atoms with van der Waals surface area (Å²) >= 11 is 1.36. The molecule has 1 aromatic rings. The predicted octanol–water partition coefficient (Wildman–Crippen LogP) is 1.05. The lowest BCUT2D eigenvalue weighted by molar-refractivity contribution is 0.0706. The largest absolute Gasteiger partial charge is 0.391 e. The van der Waals surface area contributed by atoms with E-state index in [9.17, 15) is 9.90 Å². The van der Waals surface area contributed by atoms with Crippen molar-refractivity contribution in [3.8, 4) is 0 Å². The fourth-order valence-electron chi connectivity index (χ4n) is 1.06. The van der Waals surface area contributed by atoms with Crippen LogP contribution < -0.4 is 11.1 Å². The van der Waals surface area contributed by atoms with E-state index in [1.54, 1.807) is 26.2 Å². The molecule has 1 rings (SSSR count). The van der Waals surface area contributed by atoms with E-state index in [2.05, 4.69) is 10.3 Å². The zero-order valence-electron chi connectivity index (χ0n) is 10.5. The highest BCUT2D eigenvalue weighted by Crippen LogP contribution is 2.17. The van der Waals surface area contributed by atoms with E-state index in [0.29, 0.717) is 5.69 Å². The third kappa shape index (κ3) is 3.49. The Hall–Kier alpha value is -0.980. The number of aromatic nitrogens is 1. The summed E-state index contributed by atoms with van der Waals surface area (Å²) in [5.41, 5.74) is 5.34. The van der Waals surface area contributed by atoms with E-state index < -0.39 is 11.6 Å². The minimum absolute atomic E-state index is 0.175. The number of rotatable bonds is 4. The number of aliphatic hydroxyl groups excluding tert-OH is 1. The molecule has 17 heavy (non-hydrogen) atoms. The first kappa shape index (κ1) is 14.1. The smallest absolute Gasteiger partial charge is 0.271 e. The van der Waals surface area contributed by atoms with Gasteiger partial charge in [0.1, 0.15) is 10.7 Å². The van der Waals surface area contributed by atoms with Gasteiger partial charge in [-0.3, -0.25) is 4.79 Å². The number of nitrogens with zero attached hydrogens (tertiary/aromatic N) is 1. The Labute approximate surface area is 105 Å². The van der Waals surface area contributed by atoms with Gasteiger partial charge in [0.15, 0.2) is 0 Å². The summed E-state index contributed by atoms with van der Waals surface area (Å²) in [5, 5.41) is 14.7. The molecule has 0 spiro atoms. The van der Waals surface area contributed by atoms with Crippen molar-refractivity contribution in [3.63, 3.8) is 0 Å². The molecule has 1 amide bonds. The SMILES string of the molecule is CC(N)c1nc(C(=O)NC(C)(C)C(C)O)cs1. The second kappa shape index (κ2) is 5.12. The molecule has 0 radical (unpaired) electrons. The summed E-state index contributed by atoms with van der Waals surface area (Å²) in [5.74, 6) is -0.293. The lowest BCUT2D eigenvalue weighted by Gasteiger charge is -2.28. The molecule has 1 heterocycles. The standard InChI is InChI=1S/C11H19N3O2S/c1-6(12)10-13-8(5-17-10)9(16)14-11(3,4)7(2)15/h5-7,15H,12H2,1-4H3,(H,14,16). The average molecular weight is 257 g/mol. The molecular formula is C11H19N3O2S. The first-order valence-electron chi connectivity index (χ1n) is 5.45. The van der Waals surface area contributed by atoms with Crippen LogP contribution in [0.2, 0.25) is 0 Å². The monoisotopic (exact) mass is 257 g/mol. The topological polar surface area (TPSA) is 88.2 Å². The Kier molecular flexibility index (Phi) is 4.24. The molecule has 2 unspecified atom stereocenters. The van der Waals surface area contributed by atoms with Gasteiger partial charge in [0, 0.05) is 5.38 Å². The van der Waals surface area contributed by atoms with E-state index in [1.807, 2.05) is 6.92 Å². The first-order chi connectivity index (χ1) is 7.74. The maximum absolute atomic E-state index is 11.9. The van der Waals surface area contributed by atoms with Gasteiger partial charge in [-0.15, -0.1) is 11.3 Å². The number of carbonyl (C=O) groups is 1. The Morgan fingerprint density at radius 1 is 1.59 bits per heavy atom. The fourth-order valence-corrected chi connectivity index (χ4v) is 1.82. The van der Waals surface area contributed by atoms with E-state index >= 15 is 0 Å². The van der Waals surface area contributed by atoms with Crippen LogP contribution in [0.3, 0.4) is 0 Å². The van der Waals surface area contributed by atoms with Crippen LogP contribution in [0.4, 0.5) is 0 Å². The minimum atomic E-state index is -0.685. The maximum Gasteiger partial charge on any atom is 0.271 e. The number of aliphatic hydroxyl groups is 1. The van der Waals surface area contributed by atoms with Crippen molar-refractivity contribution < 1.29 is 9.90 Å². The number of hydrogen-bond donors (Lipinski definition) is 3. The van der Waals surface area contributed by atoms with Crippen molar-refractivity contribution in [2.24, 2.45) is 5.73 Å². The van der Waals surface area contributed by atoms with Gasteiger partial charge < -0.3 is 16.2 Å². The lowest BCUT2D eigenvalue weighted by atomic mass is 9.99. The molecule has 0 fully saturated rings. The van der Waals surface area contributed by atoms with Crippen molar-refractivity contribution in [2.75, 3.05) is 0 Å². The van der Waals surface area contributed by atoms with Crippen LogP contribution in [-0.4, -0.2) is 27.6 Å². The van der Waals surface area contributed by atoms with Crippen molar-refractivity contribution in [1.29, 1.82) is 0 Å². The van der Waals surface area contributed by atoms with Gasteiger partial charge >= 0.3 is 0 Å². The number of amides is 1. The van der Waals surface area contributed by atoms with Crippen LogP contribution in [0.5, 0.6) is 0 Å². The van der Waals surface area contributed by atoms with Crippen LogP contribution in [0.15, 0.2) is 5.38 Å². The third-order valence-corrected chi connectivity index (χ3v) is 3.67. The number of hydrogen-bond acceptors (Lipinski definition) is 5. The molecular weight excluding hydrogens is 238 g/mol. The molecule has 0 aromatic carbocycles. The molecule has 0 saturated heterocycles. The van der Waals surface area contributed by atoms with Crippen LogP contribution in [-0.2, 0) is 0 Å². The van der Waals surface area contributed by atoms with Gasteiger partial charge in [-0.25, -0.2) is 4.98 Å². The van der Waals surface area contributed by atoms with Gasteiger partial charge in [-0.05, 0) is 27.7 Å². The van der Waals surface area contributed by atoms with Crippen LogP contribution in [0.1, 0.15) is 49.2 Å². The minimum Gasteiger partial charge on any atom is -0.391 e. The number of carbonyl (C=O) groups excluding carboxylic acids is 1. The lowest BCUT2D eigenvalue weighted by Crippen LogP contribution is -2.51. The highest BCUT2D eigenvalue weighted by Gasteiger charge is 2.27. The zero-order valence-corrected chi connectivity index (χ0v) is 11.3. The Bertz CT molecular complexity index is 399. The van der Waals surface area contributed by atoms with Gasteiger partial charge in [0.05, 0.1) is 17.7 Å². The summed E-state index contributed by atoms with van der Waals surface area (Å²) < 4.78 is 0. The molecule has 2 atom stereocenters. The first-order valence-corrected chi connectivity index (χ1v) is 6.33. The summed E-state index contributed by atoms with van der Waals surface area (Å²) in [7, 11) is 0. The summed E-state index contributed by atoms with van der Waals surface area (Å²) in [4.78, 5) is 16.0. The highest BCUT2D eigenvalue weighted by atomic mass is 32.1. The molecule has 96 valence electrons. The quantitative estimate of drug-likeness (QED) is 0.752. The van der Waals surface area contributed by atoms with E-state index in [1.165, 1.54) is 11.3 Å². The molecule has 0 aliphatic heterocycles. The molecule has 0 aliphatic carbocycles. The summed E-state index contributed by atoms with van der Waals surface area (Å²) in [6, 6.07) is -0.175. The van der Waals surface area contributed by atoms with Crippen molar-refractivity contribution in [3.05, 3.63) is 16.1 Å². The van der Waals surface area contributed by atoms with Crippen LogP contribution in [0.25, 0.3) is 0 Å². The number of nitrogens with one attached hydrogen (secondary N) is 1. The third-order valence-electron chi connectivity index (χ3n) is 2.62. The summed E-state index contributed by atoms with van der Waals surface area (Å²) in [6.45, 7) is 6.97. The second-order valence-electron chi connectivity index (χ2n) is 4.71. The maximum atomic E-state index is 11.9. The number of thiazole rings is 1. The fraction of sp³-hybridized carbons (Fsp3) is 0.636. The molecule has 0 saturated carbocycles. The number of nitrogens with two attached hydrogens (primary N) is 1. The Morgan fingerprint density at radius 3 is 2.59 bits per heavy atom. The van der Waals surface area contributed by atoms with Gasteiger partial charge in [0.2, 0.25) is 0 Å². The molecule has 1 aromatic heterocycles. The van der Waals surface area contributed by atoms with Crippen molar-refractivity contribution in [2.45, 2.75) is 45.4 Å². The van der Waals surface area contributed by atoms with Crippen LogP contribution >= 0.6 is 11.3 Å². The molecule has 0 bridgehead atoms. The second-order valence-corrected chi connectivity index (χ2v) is 5.60. The van der Waals surface area contributed by atoms with Crippen LogP contribution in [0, 0.1) is 0 Å². The highest BCUT2D eigenvalue weighted by molar-refractivity contribution is 7.09. The Balaban J connectivity index is 2.77. The van der Waals surface area contributed by atoms with Gasteiger partial charge in [0.25, 0.3) is 5.91 Å². The zero-order chi connectivity index (χ0) is 13.2. The van der Waals surface area contributed by atoms with E-state index in [4.69, 9.17) is 5.73 Å². The summed E-state index contributed by atoms with van der Waals surface area (Å²) in [6.07, 6.45) is -0.641. The van der Waals surface area contributed by atoms with Gasteiger partial charge in [-0.1, -0.05) is 0 Å². The van der Waals surface area contributed by atoms with E-state index in [-0.39, 0.29) is 11.9 Å². The molecule has 4 N–H and O–H groups in total. The predicted molar refractivity (Wildman–Crippen MR) is 67.9 cm³/mol. The average Bonchev–Trinajstić information content (AvgIpc) is 2.65. The van der Waals surface area contributed by atoms with E-state index in [0.717, 1.165) is 5.01 Å². The van der Waals surface area contributed by atoms with Crippen molar-refractivity contribution >= 4 is 17.2 Å². The molecule has 0 aliphatic rings. The molecule has 6 heteroatoms. The van der Waals surface area contributed by atoms with Crippen molar-refractivity contribution in [1.82, 2.24) is 10.3 Å². The molecule has 5 nitrogen and oxygen atoms in total.